The monoisotopic (exact) mass is 556 g/mol. The van der Waals surface area contributed by atoms with Gasteiger partial charge in [0.05, 0.1) is 0 Å². The fraction of sp³-hybridized carbons (Fsp3) is 0.0870. The van der Waals surface area contributed by atoms with Crippen molar-refractivity contribution in [1.82, 2.24) is 5.32 Å². The van der Waals surface area contributed by atoms with Crippen molar-refractivity contribution in [3.05, 3.63) is 70.7 Å². The van der Waals surface area contributed by atoms with E-state index in [0.29, 0.717) is 0 Å². The van der Waals surface area contributed by atoms with Crippen LogP contribution < -0.4 is 20.6 Å². The fourth-order valence-corrected chi connectivity index (χ4v) is 9.57. The summed E-state index contributed by atoms with van der Waals surface area (Å²) in [4.78, 5) is 30.6. The first-order valence-electron chi connectivity index (χ1n) is 9.78. The van der Waals surface area contributed by atoms with Gasteiger partial charge in [-0.25, -0.2) is 0 Å². The van der Waals surface area contributed by atoms with Crippen LogP contribution in [0.3, 0.4) is 0 Å². The normalized spacial score (nSPS) is 18.3. The SMILES string of the molecule is C[Si]1(C)c2ccccc2N(c2ccc(/C=C3/C(=O)N=C([Se])NC3=O)[se]2)c2ccccc21. The summed E-state index contributed by atoms with van der Waals surface area (Å²) in [6, 6.07) is 21.4. The van der Waals surface area contributed by atoms with Crippen molar-refractivity contribution in [3.8, 4) is 0 Å². The number of nitrogens with one attached hydrogen (secondary N) is 1. The molecule has 2 amide bonds. The first-order valence-corrected chi connectivity index (χ1v) is 15.4. The summed E-state index contributed by atoms with van der Waals surface area (Å²) >= 11 is 2.52. The van der Waals surface area contributed by atoms with Gasteiger partial charge < -0.3 is 0 Å². The van der Waals surface area contributed by atoms with E-state index in [-0.39, 0.29) is 24.8 Å². The van der Waals surface area contributed by atoms with Gasteiger partial charge in [0.1, 0.15) is 0 Å². The van der Waals surface area contributed by atoms with Gasteiger partial charge >= 0.3 is 196 Å². The Morgan fingerprint density at radius 2 is 1.58 bits per heavy atom. The zero-order valence-electron chi connectivity index (χ0n) is 16.9. The van der Waals surface area contributed by atoms with Crippen molar-refractivity contribution in [3.63, 3.8) is 0 Å². The number of carbonyl (C=O) groups excluding carboxylic acids is 2. The predicted octanol–water partition coefficient (Wildman–Crippen LogP) is 1.91. The number of hydrogen-bond acceptors (Lipinski definition) is 3. The zero-order chi connectivity index (χ0) is 21.8. The average molecular weight is 554 g/mol. The van der Waals surface area contributed by atoms with E-state index in [4.69, 9.17) is 0 Å². The molecule has 1 aromatic heterocycles. The van der Waals surface area contributed by atoms with Crippen LogP contribution in [0.1, 0.15) is 4.44 Å². The van der Waals surface area contributed by atoms with Crippen LogP contribution in [0.4, 0.5) is 15.9 Å². The summed E-state index contributed by atoms with van der Waals surface area (Å²) in [6.07, 6.45) is 1.68. The number of anilines is 3. The topological polar surface area (TPSA) is 61.8 Å². The first-order chi connectivity index (χ1) is 14.9. The van der Waals surface area contributed by atoms with Gasteiger partial charge in [-0.05, 0) is 0 Å². The summed E-state index contributed by atoms with van der Waals surface area (Å²) in [5, 5.41) is 5.40. The number of para-hydroxylation sites is 2. The van der Waals surface area contributed by atoms with E-state index in [1.807, 2.05) is 6.07 Å². The van der Waals surface area contributed by atoms with Crippen molar-refractivity contribution in [1.29, 1.82) is 0 Å². The zero-order valence-corrected chi connectivity index (χ0v) is 21.3. The average Bonchev–Trinajstić information content (AvgIpc) is 3.19. The Labute approximate surface area is 195 Å². The first kappa shape index (κ1) is 20.4. The van der Waals surface area contributed by atoms with Crippen LogP contribution in [0.15, 0.2) is 71.2 Å². The Morgan fingerprint density at radius 3 is 2.19 bits per heavy atom. The molecule has 0 unspecified atom stereocenters. The Balaban J connectivity index is 1.62. The molecule has 3 aromatic rings. The molecule has 2 aromatic carbocycles. The van der Waals surface area contributed by atoms with E-state index < -0.39 is 19.9 Å². The molecule has 31 heavy (non-hydrogen) atoms. The third-order valence-electron chi connectivity index (χ3n) is 5.65. The third kappa shape index (κ3) is 3.41. The van der Waals surface area contributed by atoms with E-state index in [2.05, 4.69) is 98.9 Å². The van der Waals surface area contributed by atoms with Crippen molar-refractivity contribution >= 4 is 87.5 Å². The maximum absolute atomic E-state index is 12.2. The minimum absolute atomic E-state index is 0.0564. The molecule has 0 bridgehead atoms. The number of carbonyl (C=O) groups is 2. The second kappa shape index (κ2) is 7.59. The van der Waals surface area contributed by atoms with E-state index in [9.17, 15) is 9.59 Å². The molecule has 0 saturated heterocycles. The summed E-state index contributed by atoms with van der Waals surface area (Å²) in [6.45, 7) is 4.80. The Bertz CT molecular complexity index is 1260. The molecule has 0 atom stereocenters. The number of nitrogens with zero attached hydrogens (tertiary/aromatic N) is 2. The van der Waals surface area contributed by atoms with Crippen molar-refractivity contribution in [2.75, 3.05) is 4.90 Å². The molecule has 2 aliphatic heterocycles. The van der Waals surface area contributed by atoms with Gasteiger partial charge in [0, 0.05) is 0 Å². The maximum atomic E-state index is 12.2. The molecule has 0 fully saturated rings. The molecule has 0 spiro atoms. The van der Waals surface area contributed by atoms with E-state index in [0.717, 1.165) is 4.44 Å². The molecule has 5 rings (SSSR count). The summed E-state index contributed by atoms with van der Waals surface area (Å²) in [5.41, 5.74) is 2.54. The number of rotatable bonds is 2. The summed E-state index contributed by atoms with van der Waals surface area (Å²) < 4.78 is 2.36. The predicted molar refractivity (Wildman–Crippen MR) is 129 cm³/mol. The molecule has 0 aliphatic carbocycles. The molecule has 0 saturated carbocycles. The second-order valence-electron chi connectivity index (χ2n) is 7.90. The van der Waals surface area contributed by atoms with Crippen LogP contribution in [-0.4, -0.2) is 55.1 Å². The summed E-state index contributed by atoms with van der Waals surface area (Å²) in [5.74, 6) is -0.927. The molecular weight excluding hydrogens is 536 g/mol. The fourth-order valence-electron chi connectivity index (χ4n) is 4.16. The quantitative estimate of drug-likeness (QED) is 0.299. The Kier molecular flexibility index (Phi) is 5.00. The van der Waals surface area contributed by atoms with Crippen LogP contribution in [0, 0.1) is 0 Å². The molecule has 1 radical (unpaired) electrons. The van der Waals surface area contributed by atoms with Crippen molar-refractivity contribution < 1.29 is 9.59 Å². The van der Waals surface area contributed by atoms with Gasteiger partial charge in [0.15, 0.2) is 0 Å². The van der Waals surface area contributed by atoms with Crippen molar-refractivity contribution in [2.45, 2.75) is 13.1 Å². The standard InChI is InChI=1S/C23H18N3O2Se2Si/c1-31(2)18-9-5-3-7-16(18)26(17-8-4-6-10-19(17)31)20-12-11-14(30-20)13-15-21(27)24-23(29)25-22(15)28/h3-13H,1-2H3,(H,24,25,27,28). The van der Waals surface area contributed by atoms with E-state index in [1.54, 1.807) is 6.08 Å². The van der Waals surface area contributed by atoms with Gasteiger partial charge in [-0.3, -0.25) is 0 Å². The number of amides is 2. The van der Waals surface area contributed by atoms with Gasteiger partial charge in [-0.1, -0.05) is 0 Å². The molecular formula is C23H18N3O2Se2Si. The van der Waals surface area contributed by atoms with Crippen LogP contribution >= 0.6 is 0 Å². The van der Waals surface area contributed by atoms with Crippen LogP contribution in [-0.2, 0) is 9.59 Å². The molecule has 153 valence electrons. The Morgan fingerprint density at radius 1 is 0.968 bits per heavy atom. The number of fused-ring (bicyclic) bond motifs is 2. The van der Waals surface area contributed by atoms with Crippen LogP contribution in [0.2, 0.25) is 13.1 Å². The van der Waals surface area contributed by atoms with Crippen LogP contribution in [0.5, 0.6) is 0 Å². The van der Waals surface area contributed by atoms with Gasteiger partial charge in [-0.15, -0.1) is 0 Å². The third-order valence-corrected chi connectivity index (χ3v) is 11.7. The molecule has 3 heterocycles. The second-order valence-corrected chi connectivity index (χ2v) is 15.3. The van der Waals surface area contributed by atoms with Gasteiger partial charge in [0.2, 0.25) is 0 Å². The number of amidine groups is 1. The summed E-state index contributed by atoms with van der Waals surface area (Å²) in [7, 11) is -1.81. The number of benzene rings is 2. The minimum atomic E-state index is -1.81. The van der Waals surface area contributed by atoms with Crippen LogP contribution in [0.25, 0.3) is 6.08 Å². The van der Waals surface area contributed by atoms with Gasteiger partial charge in [-0.2, -0.15) is 0 Å². The number of hydrogen-bond donors (Lipinski definition) is 1. The van der Waals surface area contributed by atoms with Crippen molar-refractivity contribution in [2.24, 2.45) is 4.99 Å². The molecule has 8 heteroatoms. The molecule has 2 aliphatic rings. The number of aliphatic imine (C=N–C) groups is 1. The Hall–Kier alpha value is -2.47. The van der Waals surface area contributed by atoms with Gasteiger partial charge in [0.25, 0.3) is 0 Å². The van der Waals surface area contributed by atoms with E-state index in [1.165, 1.54) is 26.3 Å². The molecule has 5 nitrogen and oxygen atoms in total. The van der Waals surface area contributed by atoms with E-state index >= 15 is 0 Å². The molecule has 1 N–H and O–H groups in total.